The average Bonchev–Trinajstić information content (AvgIpc) is 3.36. The molecule has 3 aromatic rings. The predicted molar refractivity (Wildman–Crippen MR) is 118 cm³/mol. The van der Waals surface area contributed by atoms with Gasteiger partial charge in [0.1, 0.15) is 12.4 Å². The summed E-state index contributed by atoms with van der Waals surface area (Å²) in [7, 11) is 0. The summed E-state index contributed by atoms with van der Waals surface area (Å²) in [6.07, 6.45) is -0.168. The zero-order valence-corrected chi connectivity index (χ0v) is 18.4. The van der Waals surface area contributed by atoms with Crippen LogP contribution in [0.15, 0.2) is 53.1 Å². The largest absolute Gasteiger partial charge is 0.485 e. The van der Waals surface area contributed by atoms with Gasteiger partial charge in [-0.05, 0) is 36.4 Å². The highest BCUT2D eigenvalue weighted by molar-refractivity contribution is 5.82. The van der Waals surface area contributed by atoms with Gasteiger partial charge in [0.05, 0.1) is 0 Å². The monoisotopic (exact) mass is 466 g/mol. The van der Waals surface area contributed by atoms with Gasteiger partial charge in [-0.3, -0.25) is 9.59 Å². The number of hydrogen-bond acceptors (Lipinski definition) is 7. The van der Waals surface area contributed by atoms with E-state index in [4.69, 9.17) is 14.0 Å². The van der Waals surface area contributed by atoms with Crippen LogP contribution in [0.5, 0.6) is 11.5 Å². The molecule has 1 fully saturated rings. The van der Waals surface area contributed by atoms with Gasteiger partial charge in [-0.1, -0.05) is 17.3 Å². The van der Waals surface area contributed by atoms with Gasteiger partial charge in [-0.25, -0.2) is 4.39 Å². The lowest BCUT2D eigenvalue weighted by Crippen LogP contribution is -2.55. The van der Waals surface area contributed by atoms with Crippen LogP contribution in [0.1, 0.15) is 12.3 Å². The first-order valence-corrected chi connectivity index (χ1v) is 11.1. The van der Waals surface area contributed by atoms with Crippen molar-refractivity contribution >= 4 is 11.8 Å². The number of ether oxygens (including phenoxy) is 2. The van der Waals surface area contributed by atoms with Crippen LogP contribution in [0.3, 0.4) is 0 Å². The van der Waals surface area contributed by atoms with Crippen molar-refractivity contribution < 1.29 is 28.0 Å². The molecule has 0 spiro atoms. The molecule has 176 valence electrons. The topological polar surface area (TPSA) is 98.0 Å². The van der Waals surface area contributed by atoms with Crippen LogP contribution in [0, 0.1) is 5.82 Å². The Hall–Kier alpha value is -3.95. The number of nitrogens with zero attached hydrogens (tertiary/aromatic N) is 4. The second kappa shape index (κ2) is 9.50. The lowest BCUT2D eigenvalue weighted by molar-refractivity contribution is -0.146. The second-order valence-corrected chi connectivity index (χ2v) is 8.09. The average molecular weight is 466 g/mol. The number of halogens is 1. The molecular weight excluding hydrogens is 443 g/mol. The molecule has 1 atom stereocenters. The third-order valence-corrected chi connectivity index (χ3v) is 5.85. The van der Waals surface area contributed by atoms with Gasteiger partial charge in [0.2, 0.25) is 23.7 Å². The standard InChI is InChI=1S/C24H23FN4O5/c25-17-7-5-16(6-8-17)23-26-21(34-27-23)9-10-22(30)28-11-13-29(14-12-28)24(31)20-15-32-18-3-1-2-4-19(18)33-20/h1-8,20H,9-15H2/t20-/m1/s1. The van der Waals surface area contributed by atoms with Crippen LogP contribution >= 0.6 is 0 Å². The number of rotatable bonds is 5. The summed E-state index contributed by atoms with van der Waals surface area (Å²) in [5.41, 5.74) is 0.638. The summed E-state index contributed by atoms with van der Waals surface area (Å²) in [5.74, 6) is 1.37. The number of fused-ring (bicyclic) bond motifs is 1. The van der Waals surface area contributed by atoms with Crippen molar-refractivity contribution in [3.63, 3.8) is 0 Å². The molecule has 10 heteroatoms. The third-order valence-electron chi connectivity index (χ3n) is 5.85. The van der Waals surface area contributed by atoms with E-state index < -0.39 is 6.10 Å². The maximum absolute atomic E-state index is 13.1. The number of carbonyl (C=O) groups excluding carboxylic acids is 2. The zero-order chi connectivity index (χ0) is 23.5. The van der Waals surface area contributed by atoms with Crippen LogP contribution in [-0.4, -0.2) is 70.6 Å². The van der Waals surface area contributed by atoms with Crippen molar-refractivity contribution in [2.45, 2.75) is 18.9 Å². The summed E-state index contributed by atoms with van der Waals surface area (Å²) in [6.45, 7) is 1.92. The first-order valence-electron chi connectivity index (χ1n) is 11.1. The van der Waals surface area contributed by atoms with Crippen molar-refractivity contribution in [1.29, 1.82) is 0 Å². The fourth-order valence-electron chi connectivity index (χ4n) is 3.97. The van der Waals surface area contributed by atoms with Crippen molar-refractivity contribution in [1.82, 2.24) is 19.9 Å². The second-order valence-electron chi connectivity index (χ2n) is 8.09. The molecule has 0 N–H and O–H groups in total. The highest BCUT2D eigenvalue weighted by atomic mass is 19.1. The SMILES string of the molecule is O=C(CCc1nc(-c2ccc(F)cc2)no1)N1CCN(C(=O)[C@H]2COc3ccccc3O2)CC1. The van der Waals surface area contributed by atoms with Crippen molar-refractivity contribution in [2.24, 2.45) is 0 Å². The van der Waals surface area contributed by atoms with E-state index in [1.165, 1.54) is 12.1 Å². The Labute approximate surface area is 195 Å². The number of piperazine rings is 1. The van der Waals surface area contributed by atoms with Gasteiger partial charge in [-0.15, -0.1) is 0 Å². The lowest BCUT2D eigenvalue weighted by Gasteiger charge is -2.37. The number of amides is 2. The molecule has 1 aromatic heterocycles. The van der Waals surface area contributed by atoms with Gasteiger partial charge < -0.3 is 23.8 Å². The predicted octanol–water partition coefficient (Wildman–Crippen LogP) is 2.32. The summed E-state index contributed by atoms with van der Waals surface area (Å²) >= 11 is 0. The third kappa shape index (κ3) is 4.70. The normalized spacial score (nSPS) is 17.5. The van der Waals surface area contributed by atoms with E-state index in [2.05, 4.69) is 10.1 Å². The van der Waals surface area contributed by atoms with E-state index in [0.717, 1.165) is 0 Å². The molecule has 2 amide bonds. The molecule has 2 aliphatic heterocycles. The molecule has 5 rings (SSSR count). The number of benzene rings is 2. The minimum absolute atomic E-state index is 0.0418. The van der Waals surface area contributed by atoms with Crippen LogP contribution in [0.25, 0.3) is 11.4 Å². The fraction of sp³-hybridized carbons (Fsp3) is 0.333. The molecule has 0 aliphatic carbocycles. The Balaban J connectivity index is 1.09. The van der Waals surface area contributed by atoms with Crippen LogP contribution in [-0.2, 0) is 16.0 Å². The molecule has 34 heavy (non-hydrogen) atoms. The number of para-hydroxylation sites is 2. The molecule has 0 bridgehead atoms. The lowest BCUT2D eigenvalue weighted by atomic mass is 10.2. The Kier molecular flexibility index (Phi) is 6.11. The number of hydrogen-bond donors (Lipinski definition) is 0. The first-order chi connectivity index (χ1) is 16.6. The number of aryl methyl sites for hydroxylation is 1. The molecule has 0 radical (unpaired) electrons. The van der Waals surface area contributed by atoms with Gasteiger partial charge in [-0.2, -0.15) is 4.98 Å². The van der Waals surface area contributed by atoms with Crippen molar-refractivity contribution in [2.75, 3.05) is 32.8 Å². The number of carbonyl (C=O) groups is 2. The molecule has 0 saturated carbocycles. The summed E-state index contributed by atoms with van der Waals surface area (Å²) in [6, 6.07) is 13.0. The van der Waals surface area contributed by atoms with E-state index in [0.29, 0.717) is 61.4 Å². The highest BCUT2D eigenvalue weighted by Gasteiger charge is 2.33. The van der Waals surface area contributed by atoms with Gasteiger partial charge in [0, 0.05) is 44.6 Å². The maximum atomic E-state index is 13.1. The molecular formula is C24H23FN4O5. The molecule has 2 aromatic carbocycles. The molecule has 9 nitrogen and oxygen atoms in total. The van der Waals surface area contributed by atoms with Crippen molar-refractivity contribution in [3.05, 3.63) is 60.2 Å². The van der Waals surface area contributed by atoms with Crippen molar-refractivity contribution in [3.8, 4) is 22.9 Å². The first kappa shape index (κ1) is 21.9. The van der Waals surface area contributed by atoms with E-state index in [1.54, 1.807) is 34.1 Å². The quantitative estimate of drug-likeness (QED) is 0.569. The fourth-order valence-corrected chi connectivity index (χ4v) is 3.97. The maximum Gasteiger partial charge on any atom is 0.267 e. The van der Waals surface area contributed by atoms with Gasteiger partial charge >= 0.3 is 0 Å². The van der Waals surface area contributed by atoms with E-state index in [1.807, 2.05) is 12.1 Å². The smallest absolute Gasteiger partial charge is 0.267 e. The van der Waals surface area contributed by atoms with Crippen LogP contribution in [0.4, 0.5) is 4.39 Å². The van der Waals surface area contributed by atoms with E-state index >= 15 is 0 Å². The molecule has 2 aliphatic rings. The minimum atomic E-state index is -0.690. The van der Waals surface area contributed by atoms with E-state index in [9.17, 15) is 14.0 Å². The highest BCUT2D eigenvalue weighted by Crippen LogP contribution is 2.31. The van der Waals surface area contributed by atoms with Gasteiger partial charge in [0.25, 0.3) is 5.91 Å². The summed E-state index contributed by atoms with van der Waals surface area (Å²) < 4.78 is 29.7. The van der Waals surface area contributed by atoms with Crippen LogP contribution in [0.2, 0.25) is 0 Å². The Morgan fingerprint density at radius 3 is 2.44 bits per heavy atom. The summed E-state index contributed by atoms with van der Waals surface area (Å²) in [4.78, 5) is 33.2. The van der Waals surface area contributed by atoms with Crippen LogP contribution < -0.4 is 9.47 Å². The summed E-state index contributed by atoms with van der Waals surface area (Å²) in [5, 5.41) is 3.89. The Morgan fingerprint density at radius 2 is 1.68 bits per heavy atom. The molecule has 1 saturated heterocycles. The molecule has 3 heterocycles. The molecule has 0 unspecified atom stereocenters. The number of aromatic nitrogens is 2. The Bertz CT molecular complexity index is 1170. The van der Waals surface area contributed by atoms with E-state index in [-0.39, 0.29) is 30.7 Å². The minimum Gasteiger partial charge on any atom is -0.485 e. The Morgan fingerprint density at radius 1 is 0.971 bits per heavy atom. The van der Waals surface area contributed by atoms with Gasteiger partial charge in [0.15, 0.2) is 11.5 Å². The zero-order valence-electron chi connectivity index (χ0n) is 18.4.